The van der Waals surface area contributed by atoms with E-state index < -0.39 is 12.1 Å². The Hall–Kier alpha value is -5.11. The van der Waals surface area contributed by atoms with Crippen LogP contribution in [0.1, 0.15) is 126 Å². The number of nitrogens with one attached hydrogen (secondary N) is 3. The van der Waals surface area contributed by atoms with Gasteiger partial charge in [0.15, 0.2) is 0 Å². The lowest BCUT2D eigenvalue weighted by molar-refractivity contribution is -0.138. The summed E-state index contributed by atoms with van der Waals surface area (Å²) in [5.41, 5.74) is 5.91. The minimum atomic E-state index is -0.676. The van der Waals surface area contributed by atoms with Crippen LogP contribution < -0.4 is 5.32 Å². The number of H-pyrrole nitrogens is 2. The Bertz CT molecular complexity index is 2230. The van der Waals surface area contributed by atoms with E-state index in [1.807, 2.05) is 61.3 Å². The zero-order valence-electron chi connectivity index (χ0n) is 33.7. The zero-order valence-corrected chi connectivity index (χ0v) is 33.7. The summed E-state index contributed by atoms with van der Waals surface area (Å²) in [6, 6.07) is 13.4. The second kappa shape index (κ2) is 14.7. The molecule has 0 unspecified atom stereocenters. The van der Waals surface area contributed by atoms with Crippen molar-refractivity contribution in [2.45, 2.75) is 110 Å². The number of alkyl carbamates (subject to hydrolysis) is 1. The lowest BCUT2D eigenvalue weighted by Crippen LogP contribution is -2.51. The third-order valence-electron chi connectivity index (χ3n) is 13.9. The summed E-state index contributed by atoms with van der Waals surface area (Å²) in [7, 11) is 1.31. The van der Waals surface area contributed by atoms with Crippen molar-refractivity contribution in [3.8, 4) is 23.1 Å². The number of nitrogens with zero attached hydrogens (tertiary/aromatic N) is 4. The van der Waals surface area contributed by atoms with E-state index >= 15 is 0 Å². The van der Waals surface area contributed by atoms with Gasteiger partial charge >= 0.3 is 6.09 Å². The number of imidazole rings is 2. The molecule has 57 heavy (non-hydrogen) atoms. The van der Waals surface area contributed by atoms with Crippen molar-refractivity contribution in [3.05, 3.63) is 71.4 Å². The number of aromatic nitrogens is 4. The standard InChI is InChI=1S/C46H55N7O4/c1-28(2)39(51-44(56)57-4)43(55)53-27-45(18-19-45)23-37(53)40-47-25-36(50-40)33-15-12-30(13-16-33)10-11-31-14-17-34-35(22-31)49-41(48-34)38-24-46(20-21-46)26-52(38)42(54)29(3)32-8-6-5-7-9-32/h12-17,22,25,28-29,32,37-39H,5-9,18-21,23-24,26-27H2,1-4H3,(H,47,50)(H,48,49)(H,51,56)/t29-,37-,38-,39-/m0/s1. The van der Waals surface area contributed by atoms with Crippen molar-refractivity contribution in [1.29, 1.82) is 0 Å². The molecule has 3 amide bonds. The number of carbonyl (C=O) groups excluding carboxylic acids is 3. The van der Waals surface area contributed by atoms with Crippen molar-refractivity contribution in [1.82, 2.24) is 35.1 Å². The van der Waals surface area contributed by atoms with Gasteiger partial charge in [0, 0.05) is 30.1 Å². The molecule has 4 atom stereocenters. The quantitative estimate of drug-likeness (QED) is 0.155. The molecule has 2 saturated heterocycles. The molecule has 0 radical (unpaired) electrons. The summed E-state index contributed by atoms with van der Waals surface area (Å²) in [5.74, 6) is 9.01. The minimum Gasteiger partial charge on any atom is -0.453 e. The lowest BCUT2D eigenvalue weighted by atomic mass is 9.80. The zero-order chi connectivity index (χ0) is 39.5. The second-order valence-electron chi connectivity index (χ2n) is 18.3. The summed E-state index contributed by atoms with van der Waals surface area (Å²) in [5, 5.41) is 2.75. The maximum Gasteiger partial charge on any atom is 0.407 e. The van der Waals surface area contributed by atoms with Crippen molar-refractivity contribution in [2.24, 2.45) is 28.6 Å². The predicted octanol–water partition coefficient (Wildman–Crippen LogP) is 8.06. The van der Waals surface area contributed by atoms with Gasteiger partial charge in [0.2, 0.25) is 11.8 Å². The number of fused-ring (bicyclic) bond motifs is 1. The SMILES string of the molecule is COC(=O)N[C@H](C(=O)N1CC2(CC2)C[C@H]1c1ncc(-c2ccc(C#Cc3ccc4nc([C@@H]5CC6(CC6)CN5C(=O)[C@@H](C)C5CCCCC5)[nH]c4c3)cc2)[nH]1)C(C)C. The molecule has 11 heteroatoms. The summed E-state index contributed by atoms with van der Waals surface area (Å²) in [6.45, 7) is 7.55. The average molecular weight is 770 g/mol. The highest BCUT2D eigenvalue weighted by molar-refractivity contribution is 5.86. The molecule has 9 rings (SSSR count). The number of hydrogen-bond acceptors (Lipinski definition) is 6. The summed E-state index contributed by atoms with van der Waals surface area (Å²) < 4.78 is 4.81. The first-order chi connectivity index (χ1) is 27.5. The smallest absolute Gasteiger partial charge is 0.407 e. The molecule has 4 heterocycles. The van der Waals surface area contributed by atoms with Gasteiger partial charge in [-0.2, -0.15) is 0 Å². The molecule has 2 aliphatic heterocycles. The Morgan fingerprint density at radius 3 is 2.11 bits per heavy atom. The number of carbonyl (C=O) groups is 3. The summed E-state index contributed by atoms with van der Waals surface area (Å²) >= 11 is 0. The van der Waals surface area contributed by atoms with E-state index in [0.29, 0.717) is 18.4 Å². The molecule has 3 saturated carbocycles. The van der Waals surface area contributed by atoms with E-state index in [1.54, 1.807) is 0 Å². The highest BCUT2D eigenvalue weighted by Gasteiger charge is 2.56. The van der Waals surface area contributed by atoms with Gasteiger partial charge in [-0.05, 0) is 110 Å². The van der Waals surface area contributed by atoms with Crippen LogP contribution in [0.5, 0.6) is 0 Å². The highest BCUT2D eigenvalue weighted by atomic mass is 16.5. The first kappa shape index (κ1) is 37.5. The largest absolute Gasteiger partial charge is 0.453 e. The van der Waals surface area contributed by atoms with Crippen LogP contribution in [0.15, 0.2) is 48.7 Å². The van der Waals surface area contributed by atoms with Crippen molar-refractivity contribution >= 4 is 28.9 Å². The average Bonchev–Trinajstić information content (AvgIpc) is 3.84. The van der Waals surface area contributed by atoms with E-state index in [-0.39, 0.29) is 40.7 Å². The van der Waals surface area contributed by atoms with Gasteiger partial charge < -0.3 is 29.8 Å². The maximum atomic E-state index is 14.0. The molecule has 2 aromatic heterocycles. The monoisotopic (exact) mass is 769 g/mol. The summed E-state index contributed by atoms with van der Waals surface area (Å²) in [6.07, 6.45) is 13.8. The topological polar surface area (TPSA) is 136 Å². The third-order valence-corrected chi connectivity index (χ3v) is 13.9. The summed E-state index contributed by atoms with van der Waals surface area (Å²) in [4.78, 5) is 60.9. The fourth-order valence-electron chi connectivity index (χ4n) is 9.91. The first-order valence-electron chi connectivity index (χ1n) is 21.2. The van der Waals surface area contributed by atoms with Crippen LogP contribution >= 0.6 is 0 Å². The molecular weight excluding hydrogens is 715 g/mol. The van der Waals surface area contributed by atoms with Crippen molar-refractivity contribution in [2.75, 3.05) is 20.2 Å². The molecule has 3 aliphatic carbocycles. The highest BCUT2D eigenvalue weighted by Crippen LogP contribution is 2.59. The van der Waals surface area contributed by atoms with Gasteiger partial charge in [0.1, 0.15) is 17.7 Å². The molecule has 4 aromatic rings. The van der Waals surface area contributed by atoms with Crippen LogP contribution in [0, 0.1) is 40.4 Å². The van der Waals surface area contributed by atoms with Crippen molar-refractivity contribution < 1.29 is 19.1 Å². The fourth-order valence-corrected chi connectivity index (χ4v) is 9.91. The van der Waals surface area contributed by atoms with E-state index in [0.717, 1.165) is 77.3 Å². The number of benzene rings is 2. The number of likely N-dealkylation sites (tertiary alicyclic amines) is 2. The minimum absolute atomic E-state index is 0.000522. The van der Waals surface area contributed by atoms with E-state index in [2.05, 4.69) is 45.0 Å². The molecule has 0 bridgehead atoms. The van der Waals surface area contributed by atoms with Crippen LogP contribution in [-0.4, -0.2) is 73.9 Å². The van der Waals surface area contributed by atoms with Gasteiger partial charge in [0.05, 0.1) is 42.1 Å². The Labute approximate surface area is 335 Å². The van der Waals surface area contributed by atoms with Gasteiger partial charge in [-0.1, -0.05) is 64.0 Å². The van der Waals surface area contributed by atoms with Crippen LogP contribution in [0.4, 0.5) is 4.79 Å². The number of methoxy groups -OCH3 is 1. The Morgan fingerprint density at radius 2 is 1.46 bits per heavy atom. The molecule has 11 nitrogen and oxygen atoms in total. The van der Waals surface area contributed by atoms with Crippen LogP contribution in [-0.2, 0) is 14.3 Å². The van der Waals surface area contributed by atoms with Gasteiger partial charge in [-0.25, -0.2) is 14.8 Å². The fraction of sp³-hybridized carbons (Fsp3) is 0.543. The van der Waals surface area contributed by atoms with Gasteiger partial charge in [-0.15, -0.1) is 0 Å². The van der Waals surface area contributed by atoms with E-state index in [4.69, 9.17) is 14.7 Å². The maximum absolute atomic E-state index is 14.0. The van der Waals surface area contributed by atoms with Crippen LogP contribution in [0.2, 0.25) is 0 Å². The first-order valence-corrected chi connectivity index (χ1v) is 21.2. The van der Waals surface area contributed by atoms with Gasteiger partial charge in [0.25, 0.3) is 0 Å². The molecule has 5 aliphatic rings. The van der Waals surface area contributed by atoms with Crippen molar-refractivity contribution in [3.63, 3.8) is 0 Å². The lowest BCUT2D eigenvalue weighted by Gasteiger charge is -2.32. The number of aromatic amines is 2. The number of rotatable bonds is 8. The molecule has 3 N–H and O–H groups in total. The second-order valence-corrected chi connectivity index (χ2v) is 18.3. The van der Waals surface area contributed by atoms with Crippen LogP contribution in [0.25, 0.3) is 22.3 Å². The number of amides is 3. The predicted molar refractivity (Wildman–Crippen MR) is 217 cm³/mol. The number of ether oxygens (including phenoxy) is 1. The molecular formula is C46H55N7O4. The molecule has 5 fully saturated rings. The van der Waals surface area contributed by atoms with Crippen LogP contribution in [0.3, 0.4) is 0 Å². The molecule has 2 spiro atoms. The normalized spacial score (nSPS) is 23.1. The molecule has 298 valence electrons. The third kappa shape index (κ3) is 7.44. The Kier molecular flexibility index (Phi) is 9.65. The van der Waals surface area contributed by atoms with Gasteiger partial charge in [-0.3, -0.25) is 9.59 Å². The Balaban J connectivity index is 0.880. The number of hydrogen-bond donors (Lipinski definition) is 3. The van der Waals surface area contributed by atoms with E-state index in [9.17, 15) is 14.4 Å². The van der Waals surface area contributed by atoms with E-state index in [1.165, 1.54) is 52.1 Å². The Morgan fingerprint density at radius 1 is 0.825 bits per heavy atom. The molecule has 2 aromatic carbocycles.